The van der Waals surface area contributed by atoms with Gasteiger partial charge in [-0.2, -0.15) is 0 Å². The number of fused-ring (bicyclic) bond motifs is 1. The van der Waals surface area contributed by atoms with Crippen LogP contribution in [0.15, 0.2) is 30.6 Å². The number of rotatable bonds is 4. The second-order valence-corrected chi connectivity index (χ2v) is 6.38. The number of nitrogens with one attached hydrogen (secondary N) is 2. The average molecular weight is 352 g/mol. The molecule has 7 heteroatoms. The highest BCUT2D eigenvalue weighted by molar-refractivity contribution is 5.97. The summed E-state index contributed by atoms with van der Waals surface area (Å²) in [6, 6.07) is 5.74. The molecule has 4 rings (SSSR count). The lowest BCUT2D eigenvalue weighted by Gasteiger charge is -2.12. The summed E-state index contributed by atoms with van der Waals surface area (Å²) in [6.07, 6.45) is 4.57. The summed E-state index contributed by atoms with van der Waals surface area (Å²) in [6.45, 7) is 2.91. The van der Waals surface area contributed by atoms with E-state index in [0.717, 1.165) is 46.6 Å². The smallest absolute Gasteiger partial charge is 0.222 e. The van der Waals surface area contributed by atoms with Crippen molar-refractivity contribution >= 4 is 22.6 Å². The predicted octanol–water partition coefficient (Wildman–Crippen LogP) is 3.10. The first-order valence-corrected chi connectivity index (χ1v) is 8.53. The molecule has 0 aliphatic carbocycles. The Bertz CT molecular complexity index is 961. The average Bonchev–Trinajstić information content (AvgIpc) is 3.30. The fraction of sp³-hybridized carbons (Fsp3) is 0.316. The Hall–Kier alpha value is -2.93. The van der Waals surface area contributed by atoms with E-state index in [1.165, 1.54) is 6.92 Å². The Balaban J connectivity index is 1.81. The van der Waals surface area contributed by atoms with Gasteiger partial charge in [0.1, 0.15) is 11.6 Å². The summed E-state index contributed by atoms with van der Waals surface area (Å²) >= 11 is 0. The lowest BCUT2D eigenvalue weighted by Crippen LogP contribution is -2.07. The van der Waals surface area contributed by atoms with E-state index in [1.54, 1.807) is 13.3 Å². The molecule has 1 aliphatic heterocycles. The first-order valence-electron chi connectivity index (χ1n) is 8.53. The van der Waals surface area contributed by atoms with Gasteiger partial charge in [-0.1, -0.05) is 0 Å². The molecular formula is C19H20N4O3. The van der Waals surface area contributed by atoms with Crippen LogP contribution >= 0.6 is 0 Å². The van der Waals surface area contributed by atoms with Crippen LogP contribution < -0.4 is 10.1 Å². The van der Waals surface area contributed by atoms with Crippen LogP contribution in [0.5, 0.6) is 5.75 Å². The van der Waals surface area contributed by atoms with Gasteiger partial charge in [0.2, 0.25) is 5.91 Å². The number of methoxy groups -OCH3 is 1. The molecule has 4 heterocycles. The van der Waals surface area contributed by atoms with Gasteiger partial charge in [-0.05, 0) is 12.5 Å². The topological polar surface area (TPSA) is 89.1 Å². The minimum Gasteiger partial charge on any atom is -0.497 e. The summed E-state index contributed by atoms with van der Waals surface area (Å²) in [5.41, 5.74) is 3.61. The van der Waals surface area contributed by atoms with Gasteiger partial charge in [0, 0.05) is 48.7 Å². The van der Waals surface area contributed by atoms with E-state index in [1.807, 2.05) is 24.4 Å². The maximum atomic E-state index is 11.3. The van der Waals surface area contributed by atoms with Crippen LogP contribution in [0.2, 0.25) is 0 Å². The first kappa shape index (κ1) is 16.5. The fourth-order valence-corrected chi connectivity index (χ4v) is 3.24. The summed E-state index contributed by atoms with van der Waals surface area (Å²) in [7, 11) is 1.65. The van der Waals surface area contributed by atoms with Crippen LogP contribution in [0.1, 0.15) is 25.0 Å². The van der Waals surface area contributed by atoms with Gasteiger partial charge in [-0.25, -0.2) is 4.98 Å². The number of carbonyl (C=O) groups excluding carboxylic acids is 1. The molecule has 0 spiro atoms. The molecule has 0 aromatic carbocycles. The molecule has 3 aromatic heterocycles. The third-order valence-electron chi connectivity index (χ3n) is 4.55. The number of nitrogens with zero attached hydrogens (tertiary/aromatic N) is 2. The standard InChI is InChI=1S/C19H20N4O3/c1-11(24)22-19-7-14-15(8-20-18(14)9-21-19)17-6-13(25-2)5-16(23-17)12-3-4-26-10-12/h5-9,12,20H,3-4,10H2,1-2H3,(H,21,22,24). The van der Waals surface area contributed by atoms with Crippen LogP contribution in [-0.4, -0.2) is 41.2 Å². The fourth-order valence-electron chi connectivity index (χ4n) is 3.24. The number of aromatic nitrogens is 3. The Morgan fingerprint density at radius 2 is 2.27 bits per heavy atom. The van der Waals surface area contributed by atoms with Crippen molar-refractivity contribution in [3.63, 3.8) is 0 Å². The number of amides is 1. The minimum atomic E-state index is -0.156. The third-order valence-corrected chi connectivity index (χ3v) is 4.55. The molecule has 1 unspecified atom stereocenters. The number of hydrogen-bond acceptors (Lipinski definition) is 5. The van der Waals surface area contributed by atoms with E-state index in [4.69, 9.17) is 14.5 Å². The van der Waals surface area contributed by atoms with E-state index >= 15 is 0 Å². The van der Waals surface area contributed by atoms with Crippen LogP contribution in [0.25, 0.3) is 22.2 Å². The number of hydrogen-bond donors (Lipinski definition) is 2. The third kappa shape index (κ3) is 3.13. The molecule has 0 saturated carbocycles. The van der Waals surface area contributed by atoms with Gasteiger partial charge < -0.3 is 19.8 Å². The summed E-state index contributed by atoms with van der Waals surface area (Å²) in [4.78, 5) is 23.6. The maximum Gasteiger partial charge on any atom is 0.222 e. The number of pyridine rings is 2. The van der Waals surface area contributed by atoms with Crippen LogP contribution in [0.4, 0.5) is 5.82 Å². The number of H-pyrrole nitrogens is 1. The van der Waals surface area contributed by atoms with Crippen molar-refractivity contribution in [2.75, 3.05) is 25.6 Å². The summed E-state index contributed by atoms with van der Waals surface area (Å²) in [5, 5.41) is 3.66. The van der Waals surface area contributed by atoms with Crippen molar-refractivity contribution in [3.05, 3.63) is 36.3 Å². The SMILES string of the molecule is COc1cc(-c2c[nH]c3cnc(NC(C)=O)cc23)nc(C2CCOC2)c1. The van der Waals surface area contributed by atoms with Crippen LogP contribution in [0, 0.1) is 0 Å². The Morgan fingerprint density at radius 1 is 1.38 bits per heavy atom. The van der Waals surface area contributed by atoms with Crippen LogP contribution in [-0.2, 0) is 9.53 Å². The van der Waals surface area contributed by atoms with Gasteiger partial charge >= 0.3 is 0 Å². The van der Waals surface area contributed by atoms with Crippen molar-refractivity contribution in [3.8, 4) is 17.0 Å². The molecule has 1 atom stereocenters. The molecule has 1 saturated heterocycles. The number of ether oxygens (including phenoxy) is 2. The highest BCUT2D eigenvalue weighted by Crippen LogP contribution is 2.33. The molecular weight excluding hydrogens is 332 g/mol. The van der Waals surface area contributed by atoms with E-state index in [9.17, 15) is 4.79 Å². The normalized spacial score (nSPS) is 16.8. The molecule has 1 aliphatic rings. The zero-order chi connectivity index (χ0) is 18.1. The van der Waals surface area contributed by atoms with Gasteiger partial charge in [0.25, 0.3) is 0 Å². The van der Waals surface area contributed by atoms with Gasteiger partial charge in [-0.15, -0.1) is 0 Å². The molecule has 2 N–H and O–H groups in total. The van der Waals surface area contributed by atoms with Crippen molar-refractivity contribution in [1.82, 2.24) is 15.0 Å². The van der Waals surface area contributed by atoms with Crippen molar-refractivity contribution in [2.24, 2.45) is 0 Å². The Morgan fingerprint density at radius 3 is 3.00 bits per heavy atom. The van der Waals surface area contributed by atoms with Gasteiger partial charge in [0.15, 0.2) is 0 Å². The summed E-state index contributed by atoms with van der Waals surface area (Å²) in [5.74, 6) is 1.41. The van der Waals surface area contributed by atoms with E-state index in [2.05, 4.69) is 15.3 Å². The lowest BCUT2D eigenvalue weighted by molar-refractivity contribution is -0.114. The van der Waals surface area contributed by atoms with Crippen LogP contribution in [0.3, 0.4) is 0 Å². The van der Waals surface area contributed by atoms with E-state index < -0.39 is 0 Å². The zero-order valence-electron chi connectivity index (χ0n) is 14.7. The Kier molecular flexibility index (Phi) is 4.30. The van der Waals surface area contributed by atoms with Crippen molar-refractivity contribution in [2.45, 2.75) is 19.3 Å². The summed E-state index contributed by atoms with van der Waals surface area (Å²) < 4.78 is 11.0. The molecule has 134 valence electrons. The molecule has 7 nitrogen and oxygen atoms in total. The molecule has 1 amide bonds. The highest BCUT2D eigenvalue weighted by Gasteiger charge is 2.21. The second kappa shape index (κ2) is 6.76. The lowest BCUT2D eigenvalue weighted by atomic mass is 10.0. The second-order valence-electron chi connectivity index (χ2n) is 6.38. The van der Waals surface area contributed by atoms with Crippen molar-refractivity contribution in [1.29, 1.82) is 0 Å². The molecule has 0 radical (unpaired) electrons. The molecule has 3 aromatic rings. The quantitative estimate of drug-likeness (QED) is 0.753. The monoisotopic (exact) mass is 352 g/mol. The van der Waals surface area contributed by atoms with E-state index in [-0.39, 0.29) is 11.8 Å². The van der Waals surface area contributed by atoms with Crippen molar-refractivity contribution < 1.29 is 14.3 Å². The molecule has 0 bridgehead atoms. The largest absolute Gasteiger partial charge is 0.497 e. The number of anilines is 1. The first-order chi connectivity index (χ1) is 12.6. The minimum absolute atomic E-state index is 0.156. The molecule has 1 fully saturated rings. The maximum absolute atomic E-state index is 11.3. The highest BCUT2D eigenvalue weighted by atomic mass is 16.5. The zero-order valence-corrected chi connectivity index (χ0v) is 14.7. The Labute approximate surface area is 150 Å². The molecule has 26 heavy (non-hydrogen) atoms. The number of aromatic amines is 1. The number of carbonyl (C=O) groups is 1. The van der Waals surface area contributed by atoms with Gasteiger partial charge in [0.05, 0.1) is 36.8 Å². The predicted molar refractivity (Wildman–Crippen MR) is 98.4 cm³/mol. The van der Waals surface area contributed by atoms with E-state index in [0.29, 0.717) is 12.4 Å². The van der Waals surface area contributed by atoms with Gasteiger partial charge in [-0.3, -0.25) is 9.78 Å².